The third kappa shape index (κ3) is 5.47. The number of piperazine rings is 1. The van der Waals surface area contributed by atoms with Crippen LogP contribution in [0.3, 0.4) is 0 Å². The lowest BCUT2D eigenvalue weighted by Crippen LogP contribution is -2.51. The van der Waals surface area contributed by atoms with E-state index in [9.17, 15) is 5.11 Å². The van der Waals surface area contributed by atoms with Crippen molar-refractivity contribution in [3.05, 3.63) is 52.8 Å². The van der Waals surface area contributed by atoms with Gasteiger partial charge < -0.3 is 29.7 Å². The molecular formula is C41H46FN5O3. The molecule has 8 nitrogen and oxygen atoms in total. The number of likely N-dealkylation sites (tertiary alicyclic amines) is 1. The van der Waals surface area contributed by atoms with Gasteiger partial charge in [-0.15, -0.1) is 6.42 Å². The van der Waals surface area contributed by atoms with E-state index in [1.54, 1.807) is 12.1 Å². The van der Waals surface area contributed by atoms with E-state index in [4.69, 9.17) is 25.9 Å². The average Bonchev–Trinajstić information content (AvgIpc) is 3.34. The summed E-state index contributed by atoms with van der Waals surface area (Å²) in [6, 6.07) is 10.3. The Morgan fingerprint density at radius 3 is 2.50 bits per heavy atom. The minimum atomic E-state index is -0.443. The number of fused-ring (bicyclic) bond motifs is 5. The van der Waals surface area contributed by atoms with E-state index in [1.165, 1.54) is 0 Å². The van der Waals surface area contributed by atoms with Crippen molar-refractivity contribution < 1.29 is 19.0 Å². The second kappa shape index (κ2) is 12.1. The Balaban J connectivity index is 1.16. The molecule has 9 heteroatoms. The van der Waals surface area contributed by atoms with Crippen LogP contribution in [-0.2, 0) is 4.74 Å². The Morgan fingerprint density at radius 1 is 1.08 bits per heavy atom. The molecule has 5 fully saturated rings. The molecule has 4 saturated heterocycles. The van der Waals surface area contributed by atoms with E-state index in [2.05, 4.69) is 41.0 Å². The van der Waals surface area contributed by atoms with Crippen LogP contribution >= 0.6 is 0 Å². The maximum absolute atomic E-state index is 17.6. The zero-order chi connectivity index (χ0) is 34.3. The summed E-state index contributed by atoms with van der Waals surface area (Å²) in [5.41, 5.74) is 3.72. The molecule has 5 heterocycles. The van der Waals surface area contributed by atoms with Crippen LogP contribution in [0.5, 0.6) is 11.8 Å². The van der Waals surface area contributed by atoms with Crippen LogP contribution < -0.4 is 15.0 Å². The van der Waals surface area contributed by atoms with Crippen molar-refractivity contribution in [1.82, 2.24) is 20.2 Å². The van der Waals surface area contributed by atoms with Gasteiger partial charge in [-0.2, -0.15) is 9.97 Å². The highest BCUT2D eigenvalue weighted by Gasteiger charge is 2.48. The van der Waals surface area contributed by atoms with E-state index in [0.29, 0.717) is 52.6 Å². The number of halogens is 1. The lowest BCUT2D eigenvalue weighted by molar-refractivity contribution is 0.131. The summed E-state index contributed by atoms with van der Waals surface area (Å²) >= 11 is 0. The second-order valence-corrected chi connectivity index (χ2v) is 16.1. The van der Waals surface area contributed by atoms with Crippen molar-refractivity contribution in [2.45, 2.75) is 64.5 Å². The standard InChI is InChI=1S/C41H46FN5O3/c1-5-31-24(4)6-7-25-12-30(48)13-33(35(25)31)36-32(23(2)3)14-34-38(37(36)42)44-40(45-39(34)47-17-28-8-9-29(18-47)43-28)50-22-41(10-11-41)21-46-15-26-19-49-20-27(26)16-46/h1,6-7,12-14,23,26-29,43,48H,8-11,15-22H2,2-4H3/t26-,27-,28?,29?/m0/s1. The number of aromatic nitrogens is 2. The molecule has 0 spiro atoms. The number of hydrogen-bond acceptors (Lipinski definition) is 8. The van der Waals surface area contributed by atoms with Gasteiger partial charge in [0.25, 0.3) is 0 Å². The Labute approximate surface area is 293 Å². The predicted molar refractivity (Wildman–Crippen MR) is 194 cm³/mol. The quantitative estimate of drug-likeness (QED) is 0.208. The van der Waals surface area contributed by atoms with Crippen LogP contribution in [0.25, 0.3) is 32.8 Å². The molecule has 5 aliphatic rings. The van der Waals surface area contributed by atoms with Crippen molar-refractivity contribution in [3.63, 3.8) is 0 Å². The number of ether oxygens (including phenoxy) is 2. The van der Waals surface area contributed by atoms with Gasteiger partial charge in [-0.25, -0.2) is 4.39 Å². The molecule has 0 amide bonds. The summed E-state index contributed by atoms with van der Waals surface area (Å²) < 4.78 is 29.8. The van der Waals surface area contributed by atoms with Gasteiger partial charge in [0.1, 0.15) is 17.1 Å². The molecule has 1 aromatic heterocycles. The van der Waals surface area contributed by atoms with Crippen LogP contribution in [0.1, 0.15) is 62.1 Å². The number of aryl methyl sites for hydroxylation is 1. The average molecular weight is 676 g/mol. The maximum atomic E-state index is 17.6. The third-order valence-corrected chi connectivity index (χ3v) is 12.1. The molecule has 4 aliphatic heterocycles. The van der Waals surface area contributed by atoms with Crippen molar-refractivity contribution in [1.29, 1.82) is 0 Å². The number of anilines is 1. The maximum Gasteiger partial charge on any atom is 0.319 e. The molecule has 3 aromatic carbocycles. The SMILES string of the molecule is C#Cc1c(C)ccc2cc(O)cc(-c3c(C(C)C)cc4c(N5CC6CCC(C5)N6)nc(OCC5(CN6C[C@H]7COC[C@@H]7C6)CC5)nc4c3F)c12. The Hall–Kier alpha value is -3.97. The van der Waals surface area contributed by atoms with Gasteiger partial charge >= 0.3 is 6.01 Å². The molecule has 4 atom stereocenters. The van der Waals surface area contributed by atoms with Crippen molar-refractivity contribution in [2.75, 3.05) is 57.4 Å². The largest absolute Gasteiger partial charge is 0.508 e. The summed E-state index contributed by atoms with van der Waals surface area (Å²) in [6.07, 6.45) is 10.5. The van der Waals surface area contributed by atoms with Gasteiger partial charge in [0.15, 0.2) is 5.82 Å². The number of nitrogens with zero attached hydrogens (tertiary/aromatic N) is 4. The fourth-order valence-corrected chi connectivity index (χ4v) is 9.28. The predicted octanol–water partition coefficient (Wildman–Crippen LogP) is 6.39. The number of benzene rings is 3. The van der Waals surface area contributed by atoms with E-state index in [-0.39, 0.29) is 28.6 Å². The highest BCUT2D eigenvalue weighted by atomic mass is 19.1. The number of phenols is 1. The van der Waals surface area contributed by atoms with E-state index >= 15 is 4.39 Å². The fourth-order valence-electron chi connectivity index (χ4n) is 9.28. The van der Waals surface area contributed by atoms with Gasteiger partial charge in [-0.1, -0.05) is 31.9 Å². The Morgan fingerprint density at radius 2 is 1.82 bits per heavy atom. The van der Waals surface area contributed by atoms with Crippen LogP contribution in [0.2, 0.25) is 0 Å². The van der Waals surface area contributed by atoms with Gasteiger partial charge in [-0.3, -0.25) is 0 Å². The molecule has 260 valence electrons. The van der Waals surface area contributed by atoms with Gasteiger partial charge in [0.05, 0.1) is 19.8 Å². The Bertz CT molecular complexity index is 2030. The molecule has 4 aromatic rings. The lowest BCUT2D eigenvalue weighted by atomic mass is 9.86. The molecule has 2 unspecified atom stereocenters. The highest BCUT2D eigenvalue weighted by Crippen LogP contribution is 2.48. The van der Waals surface area contributed by atoms with Gasteiger partial charge in [0.2, 0.25) is 0 Å². The topological polar surface area (TPSA) is 83.0 Å². The molecular weight excluding hydrogens is 629 g/mol. The lowest BCUT2D eigenvalue weighted by Gasteiger charge is -2.34. The molecule has 2 bridgehead atoms. The zero-order valence-corrected chi connectivity index (χ0v) is 29.3. The van der Waals surface area contributed by atoms with E-state index in [1.807, 2.05) is 19.1 Å². The molecule has 2 N–H and O–H groups in total. The molecule has 50 heavy (non-hydrogen) atoms. The Kier molecular flexibility index (Phi) is 7.72. The normalized spacial score (nSPS) is 25.5. The summed E-state index contributed by atoms with van der Waals surface area (Å²) in [4.78, 5) is 14.8. The highest BCUT2D eigenvalue weighted by molar-refractivity contribution is 6.05. The van der Waals surface area contributed by atoms with Crippen LogP contribution in [-0.4, -0.2) is 84.6 Å². The monoisotopic (exact) mass is 675 g/mol. The summed E-state index contributed by atoms with van der Waals surface area (Å²) in [5.74, 6) is 4.45. The van der Waals surface area contributed by atoms with E-state index in [0.717, 1.165) is 99.3 Å². The summed E-state index contributed by atoms with van der Waals surface area (Å²) in [6.45, 7) is 13.1. The summed E-state index contributed by atoms with van der Waals surface area (Å²) in [5, 5.41) is 16.8. The zero-order valence-electron chi connectivity index (χ0n) is 29.3. The van der Waals surface area contributed by atoms with Gasteiger partial charge in [-0.05, 0) is 78.8 Å². The number of nitrogens with one attached hydrogen (secondary N) is 1. The third-order valence-electron chi connectivity index (χ3n) is 12.1. The number of aromatic hydroxyl groups is 1. The van der Waals surface area contributed by atoms with Crippen LogP contribution in [0.4, 0.5) is 10.2 Å². The fraction of sp³-hybridized carbons (Fsp3) is 0.512. The number of hydrogen-bond donors (Lipinski definition) is 2. The van der Waals surface area contributed by atoms with Crippen molar-refractivity contribution >= 4 is 27.5 Å². The first-order valence-electron chi connectivity index (χ1n) is 18.4. The number of phenolic OH excluding ortho intramolecular Hbond substituents is 1. The summed E-state index contributed by atoms with van der Waals surface area (Å²) in [7, 11) is 0. The molecule has 1 aliphatic carbocycles. The van der Waals surface area contributed by atoms with Gasteiger partial charge in [0, 0.05) is 84.0 Å². The second-order valence-electron chi connectivity index (χ2n) is 16.1. The molecule has 0 radical (unpaired) electrons. The first-order chi connectivity index (χ1) is 24.2. The van der Waals surface area contributed by atoms with Crippen molar-refractivity contribution in [2.24, 2.45) is 17.3 Å². The minimum Gasteiger partial charge on any atom is -0.508 e. The molecule has 9 rings (SSSR count). The first-order valence-corrected chi connectivity index (χ1v) is 18.4. The minimum absolute atomic E-state index is 0.0326. The van der Waals surface area contributed by atoms with Crippen LogP contribution in [0, 0.1) is 42.3 Å². The molecule has 1 saturated carbocycles. The van der Waals surface area contributed by atoms with E-state index < -0.39 is 5.82 Å². The smallest absolute Gasteiger partial charge is 0.319 e. The number of terminal acetylenes is 1. The first kappa shape index (κ1) is 32.0. The van der Waals surface area contributed by atoms with Crippen molar-refractivity contribution in [3.8, 4) is 35.2 Å². The number of rotatable bonds is 8. The van der Waals surface area contributed by atoms with Crippen LogP contribution in [0.15, 0.2) is 30.3 Å².